The van der Waals surface area contributed by atoms with E-state index in [1.807, 2.05) is 30.3 Å². The Kier molecular flexibility index (Phi) is 4.30. The molecule has 0 bridgehead atoms. The topological polar surface area (TPSA) is 118 Å². The Morgan fingerprint density at radius 3 is 2.97 bits per heavy atom. The van der Waals surface area contributed by atoms with Gasteiger partial charge in [-0.1, -0.05) is 24.0 Å². The minimum Gasteiger partial charge on any atom is -0.369 e. The van der Waals surface area contributed by atoms with Gasteiger partial charge in [0.05, 0.1) is 17.5 Å². The number of rotatable bonds is 2. The summed E-state index contributed by atoms with van der Waals surface area (Å²) in [5.41, 5.74) is 2.44. The Morgan fingerprint density at radius 1 is 1.42 bits per heavy atom. The van der Waals surface area contributed by atoms with E-state index in [0.717, 1.165) is 24.1 Å². The molecule has 0 radical (unpaired) electrons. The number of aromatic nitrogens is 3. The van der Waals surface area contributed by atoms with E-state index >= 15 is 0 Å². The standard InChI is InChI=1S/C23H22N6O2/c1-29-10-8-23(31,22(29)30)7-5-14-3-2-4-15(11-14)18-12-16(17-6-9-25-17)19-20(28-18)21(24)27-13-26-19/h2-4,11-13,17,25,31H,6,8-10H2,1H3,(H2,24,26,27)/t17?,23-/m0/s1/i13D. The molecule has 2 aliphatic heterocycles. The van der Waals surface area contributed by atoms with Crippen molar-refractivity contribution >= 4 is 16.9 Å². The van der Waals surface area contributed by atoms with Crippen molar-refractivity contribution < 1.29 is 11.3 Å². The average Bonchev–Trinajstić information content (AvgIpc) is 2.99. The van der Waals surface area contributed by atoms with Crippen molar-refractivity contribution in [2.75, 3.05) is 20.1 Å². The lowest BCUT2D eigenvalue weighted by Gasteiger charge is -2.29. The molecule has 1 aromatic carbocycles. The highest BCUT2D eigenvalue weighted by Crippen LogP contribution is 2.31. The van der Waals surface area contributed by atoms with E-state index in [1.165, 1.54) is 4.90 Å². The van der Waals surface area contributed by atoms with E-state index in [9.17, 15) is 9.90 Å². The van der Waals surface area contributed by atoms with Crippen LogP contribution in [0, 0.1) is 17.3 Å². The molecule has 0 spiro atoms. The minimum atomic E-state index is -1.65. The second-order valence-electron chi connectivity index (χ2n) is 7.98. The normalized spacial score (nSPS) is 23.3. The van der Waals surface area contributed by atoms with Gasteiger partial charge in [-0.3, -0.25) is 10.2 Å². The molecule has 2 fully saturated rings. The summed E-state index contributed by atoms with van der Waals surface area (Å²) in [5, 5.41) is 22.1. The van der Waals surface area contributed by atoms with Crippen molar-refractivity contribution in [3.05, 3.63) is 53.2 Å². The Labute approximate surface area is 180 Å². The molecule has 2 aromatic heterocycles. The summed E-state index contributed by atoms with van der Waals surface area (Å²) >= 11 is 0. The molecule has 5 rings (SSSR count). The first-order valence-corrected chi connectivity index (χ1v) is 10.2. The molecule has 8 heteroatoms. The number of fused-ring (bicyclic) bond motifs is 1. The molecular formula is C23H22N6O2. The Hall–Kier alpha value is -3.54. The number of aromatic amines is 1. The van der Waals surface area contributed by atoms with Gasteiger partial charge in [0.1, 0.15) is 6.89 Å². The Bertz CT molecular complexity index is 1370. The van der Waals surface area contributed by atoms with Gasteiger partial charge in [-0.05, 0) is 36.7 Å². The number of pyridine rings is 1. The maximum Gasteiger partial charge on any atom is 0.267 e. The minimum absolute atomic E-state index is 0.0480. The second kappa shape index (κ2) is 7.30. The first kappa shape index (κ1) is 18.2. The number of likely N-dealkylation sites (N-methyl/N-ethyl adjacent to an activating group) is 1. The quantitative estimate of drug-likeness (QED) is 0.467. The summed E-state index contributed by atoms with van der Waals surface area (Å²) in [5.74, 6) is 5.30. The van der Waals surface area contributed by atoms with Gasteiger partial charge < -0.3 is 20.3 Å². The fraction of sp³-hybridized carbons (Fsp3) is 0.304. The number of carbonyl (C=O) groups excluding carboxylic acids is 1. The third-order valence-corrected chi connectivity index (χ3v) is 5.90. The number of benzene rings is 1. The third kappa shape index (κ3) is 3.38. The highest BCUT2D eigenvalue weighted by molar-refractivity contribution is 5.90. The van der Waals surface area contributed by atoms with Crippen LogP contribution in [0.25, 0.3) is 22.3 Å². The van der Waals surface area contributed by atoms with E-state index < -0.39 is 5.60 Å². The molecule has 2 aliphatic rings. The van der Waals surface area contributed by atoms with Crippen molar-refractivity contribution in [1.29, 1.82) is 5.41 Å². The summed E-state index contributed by atoms with van der Waals surface area (Å²) < 4.78 is 7.84. The number of hydrogen-bond acceptors (Lipinski definition) is 6. The third-order valence-electron chi connectivity index (χ3n) is 5.90. The zero-order chi connectivity index (χ0) is 22.5. The average molecular weight is 415 g/mol. The monoisotopic (exact) mass is 415 g/mol. The molecule has 0 saturated carbocycles. The lowest BCUT2D eigenvalue weighted by Crippen LogP contribution is -2.37. The van der Waals surface area contributed by atoms with Crippen LogP contribution in [0.2, 0.25) is 0 Å². The van der Waals surface area contributed by atoms with Crippen LogP contribution >= 0.6 is 0 Å². The van der Waals surface area contributed by atoms with Gasteiger partial charge in [-0.25, -0.2) is 9.97 Å². The number of hydrogen-bond donors (Lipinski definition) is 4. The molecule has 4 N–H and O–H groups in total. The van der Waals surface area contributed by atoms with Crippen LogP contribution in [-0.2, 0) is 4.79 Å². The van der Waals surface area contributed by atoms with E-state index in [-0.39, 0.29) is 30.2 Å². The van der Waals surface area contributed by atoms with Crippen LogP contribution < -0.4 is 10.8 Å². The summed E-state index contributed by atoms with van der Waals surface area (Å²) in [6.07, 6.45) is 1.18. The fourth-order valence-corrected chi connectivity index (χ4v) is 3.94. The molecule has 31 heavy (non-hydrogen) atoms. The molecule has 2 atom stereocenters. The predicted molar refractivity (Wildman–Crippen MR) is 115 cm³/mol. The first-order chi connectivity index (χ1) is 15.3. The van der Waals surface area contributed by atoms with Gasteiger partial charge in [0, 0.05) is 37.2 Å². The Morgan fingerprint density at radius 2 is 2.26 bits per heavy atom. The molecule has 1 amide bonds. The van der Waals surface area contributed by atoms with Crippen LogP contribution in [0.15, 0.2) is 36.6 Å². The molecule has 3 aromatic rings. The van der Waals surface area contributed by atoms with Crippen molar-refractivity contribution in [3.8, 4) is 23.1 Å². The lowest BCUT2D eigenvalue weighted by atomic mass is 9.95. The zero-order valence-corrected chi connectivity index (χ0v) is 17.0. The van der Waals surface area contributed by atoms with Gasteiger partial charge in [0.15, 0.2) is 5.49 Å². The van der Waals surface area contributed by atoms with Crippen LogP contribution in [0.4, 0.5) is 0 Å². The zero-order valence-electron chi connectivity index (χ0n) is 18.0. The van der Waals surface area contributed by atoms with E-state index in [1.54, 1.807) is 7.05 Å². The number of aliphatic hydroxyl groups is 1. The van der Waals surface area contributed by atoms with Crippen LogP contribution in [0.1, 0.15) is 31.4 Å². The van der Waals surface area contributed by atoms with Crippen molar-refractivity contribution in [1.82, 2.24) is 25.2 Å². The van der Waals surface area contributed by atoms with E-state index in [2.05, 4.69) is 32.1 Å². The van der Waals surface area contributed by atoms with E-state index in [0.29, 0.717) is 28.8 Å². The number of amides is 1. The van der Waals surface area contributed by atoms with Crippen molar-refractivity contribution in [2.45, 2.75) is 24.5 Å². The number of nitrogens with zero attached hydrogens (tertiary/aromatic N) is 3. The summed E-state index contributed by atoms with van der Waals surface area (Å²) in [7, 11) is 1.65. The van der Waals surface area contributed by atoms with Gasteiger partial charge in [0.2, 0.25) is 5.60 Å². The lowest BCUT2D eigenvalue weighted by molar-refractivity contribution is -0.137. The molecular weight excluding hydrogens is 392 g/mol. The van der Waals surface area contributed by atoms with Gasteiger partial charge >= 0.3 is 0 Å². The molecule has 0 aliphatic carbocycles. The number of nitrogens with one attached hydrogen (secondary N) is 3. The summed E-state index contributed by atoms with van der Waals surface area (Å²) in [4.78, 5) is 25.1. The molecule has 156 valence electrons. The largest absolute Gasteiger partial charge is 0.369 e. The highest BCUT2D eigenvalue weighted by atomic mass is 16.3. The molecule has 2 saturated heterocycles. The molecule has 8 nitrogen and oxygen atoms in total. The smallest absolute Gasteiger partial charge is 0.267 e. The Balaban J connectivity index is 1.58. The fourth-order valence-electron chi connectivity index (χ4n) is 3.94. The molecule has 1 unspecified atom stereocenters. The number of carbonyl (C=O) groups is 1. The predicted octanol–water partition coefficient (Wildman–Crippen LogP) is 1.08. The van der Waals surface area contributed by atoms with Crippen molar-refractivity contribution in [2.24, 2.45) is 0 Å². The first-order valence-electron chi connectivity index (χ1n) is 10.7. The van der Waals surface area contributed by atoms with Gasteiger partial charge in [0.25, 0.3) is 5.91 Å². The molecule has 4 heterocycles. The summed E-state index contributed by atoms with van der Waals surface area (Å²) in [6, 6.07) is 9.50. The van der Waals surface area contributed by atoms with E-state index in [4.69, 9.17) is 6.78 Å². The van der Waals surface area contributed by atoms with Crippen LogP contribution in [0.5, 0.6) is 0 Å². The van der Waals surface area contributed by atoms with Gasteiger partial charge in [-0.15, -0.1) is 0 Å². The second-order valence-corrected chi connectivity index (χ2v) is 7.98. The van der Waals surface area contributed by atoms with Crippen LogP contribution in [-0.4, -0.2) is 56.6 Å². The van der Waals surface area contributed by atoms with Crippen molar-refractivity contribution in [3.63, 3.8) is 0 Å². The summed E-state index contributed by atoms with van der Waals surface area (Å²) in [6.45, 7) is 1.39. The number of likely N-dealkylation sites (tertiary alicyclic amines) is 1. The maximum atomic E-state index is 12.2. The van der Waals surface area contributed by atoms with Gasteiger partial charge in [-0.2, -0.15) is 0 Å². The SMILES string of the molecule is [2H]c1nc(=N)c2nc(-c3cccc(C#C[C@]4(O)CCN(C)C4=O)c3)cc(C3CCN3)c2[nH]1. The maximum absolute atomic E-state index is 12.2. The number of H-pyrrole nitrogens is 1. The highest BCUT2D eigenvalue weighted by Gasteiger charge is 2.42. The van der Waals surface area contributed by atoms with Crippen LogP contribution in [0.3, 0.4) is 0 Å².